The molecule has 7 nitrogen and oxygen atoms in total. The van der Waals surface area contributed by atoms with Crippen molar-refractivity contribution in [2.24, 2.45) is 0 Å². The van der Waals surface area contributed by atoms with Crippen LogP contribution in [0, 0.1) is 0 Å². The molecule has 0 radical (unpaired) electrons. The van der Waals surface area contributed by atoms with Gasteiger partial charge < -0.3 is 14.5 Å². The smallest absolute Gasteiger partial charge is 0.228 e. The fourth-order valence-electron chi connectivity index (χ4n) is 3.68. The van der Waals surface area contributed by atoms with E-state index in [0.29, 0.717) is 18.8 Å². The van der Waals surface area contributed by atoms with E-state index in [9.17, 15) is 4.79 Å². The van der Waals surface area contributed by atoms with Gasteiger partial charge in [0.1, 0.15) is 11.6 Å². The lowest BCUT2D eigenvalue weighted by molar-refractivity contribution is -0.117. The highest BCUT2D eigenvalue weighted by Crippen LogP contribution is 2.29. The molecule has 142 valence electrons. The molecular weight excluding hydrogens is 342 g/mol. The number of rotatable bonds is 5. The van der Waals surface area contributed by atoms with Crippen molar-refractivity contribution in [1.29, 1.82) is 0 Å². The molecule has 2 saturated heterocycles. The lowest BCUT2D eigenvalue weighted by Crippen LogP contribution is -2.47. The van der Waals surface area contributed by atoms with Gasteiger partial charge in [-0.25, -0.2) is 9.97 Å². The Morgan fingerprint density at radius 2 is 1.67 bits per heavy atom. The molecule has 2 aliphatic rings. The minimum atomic E-state index is 0.138. The monoisotopic (exact) mass is 367 g/mol. The molecule has 1 aromatic carbocycles. The second kappa shape index (κ2) is 7.82. The van der Waals surface area contributed by atoms with Crippen LogP contribution in [0.4, 0.5) is 17.3 Å². The second-order valence-electron chi connectivity index (χ2n) is 6.76. The zero-order chi connectivity index (χ0) is 18.6. The van der Waals surface area contributed by atoms with E-state index in [1.165, 1.54) is 0 Å². The number of para-hydroxylation sites is 2. The first-order chi connectivity index (χ1) is 13.3. The molecule has 1 amide bonds. The third-order valence-corrected chi connectivity index (χ3v) is 5.08. The van der Waals surface area contributed by atoms with Crippen molar-refractivity contribution < 1.29 is 9.53 Å². The van der Waals surface area contributed by atoms with Crippen LogP contribution in [0.3, 0.4) is 0 Å². The SMILES string of the molecule is CCOc1ccccc1N1CCN(c2cnc(N3CCCC3=O)cn2)CC1. The summed E-state index contributed by atoms with van der Waals surface area (Å²) in [6.07, 6.45) is 5.00. The number of amides is 1. The van der Waals surface area contributed by atoms with Crippen LogP contribution in [0.2, 0.25) is 0 Å². The summed E-state index contributed by atoms with van der Waals surface area (Å²) in [5, 5.41) is 0. The lowest BCUT2D eigenvalue weighted by Gasteiger charge is -2.37. The summed E-state index contributed by atoms with van der Waals surface area (Å²) in [5.74, 6) is 2.60. The number of carbonyl (C=O) groups is 1. The van der Waals surface area contributed by atoms with Gasteiger partial charge in [0, 0.05) is 39.1 Å². The predicted molar refractivity (Wildman–Crippen MR) is 106 cm³/mol. The quantitative estimate of drug-likeness (QED) is 0.808. The van der Waals surface area contributed by atoms with Gasteiger partial charge in [0.25, 0.3) is 0 Å². The average molecular weight is 367 g/mol. The summed E-state index contributed by atoms with van der Waals surface area (Å²) in [6, 6.07) is 8.19. The molecule has 0 spiro atoms. The highest BCUT2D eigenvalue weighted by Gasteiger charge is 2.24. The maximum Gasteiger partial charge on any atom is 0.228 e. The number of hydrogen-bond acceptors (Lipinski definition) is 6. The Balaban J connectivity index is 1.40. The highest BCUT2D eigenvalue weighted by molar-refractivity contribution is 5.94. The van der Waals surface area contributed by atoms with E-state index in [2.05, 4.69) is 25.8 Å². The maximum atomic E-state index is 11.8. The maximum absolute atomic E-state index is 11.8. The number of aromatic nitrogens is 2. The lowest BCUT2D eigenvalue weighted by atomic mass is 10.2. The minimum Gasteiger partial charge on any atom is -0.492 e. The Hall–Kier alpha value is -2.83. The van der Waals surface area contributed by atoms with Gasteiger partial charge in [0.2, 0.25) is 5.91 Å². The topological polar surface area (TPSA) is 61.8 Å². The Bertz CT molecular complexity index is 787. The standard InChI is InChI=1S/C20H25N5O2/c1-2-27-17-7-4-3-6-16(17)23-10-12-24(13-11-23)18-14-22-19(15-21-18)25-9-5-8-20(25)26/h3-4,6-7,14-15H,2,5,8-13H2,1H3. The van der Waals surface area contributed by atoms with Crippen molar-refractivity contribution in [2.45, 2.75) is 19.8 Å². The average Bonchev–Trinajstić information content (AvgIpc) is 3.15. The van der Waals surface area contributed by atoms with Crippen molar-refractivity contribution in [3.05, 3.63) is 36.7 Å². The van der Waals surface area contributed by atoms with E-state index < -0.39 is 0 Å². The van der Waals surface area contributed by atoms with Crippen molar-refractivity contribution in [2.75, 3.05) is 54.0 Å². The second-order valence-corrected chi connectivity index (χ2v) is 6.76. The highest BCUT2D eigenvalue weighted by atomic mass is 16.5. The molecule has 7 heteroatoms. The van der Waals surface area contributed by atoms with Crippen molar-refractivity contribution in [1.82, 2.24) is 9.97 Å². The van der Waals surface area contributed by atoms with Crippen LogP contribution < -0.4 is 19.4 Å². The van der Waals surface area contributed by atoms with Gasteiger partial charge in [-0.15, -0.1) is 0 Å². The largest absolute Gasteiger partial charge is 0.492 e. The summed E-state index contributed by atoms with van der Waals surface area (Å²) in [7, 11) is 0. The van der Waals surface area contributed by atoms with E-state index in [-0.39, 0.29) is 5.91 Å². The summed E-state index contributed by atoms with van der Waals surface area (Å²) in [5.41, 5.74) is 1.15. The van der Waals surface area contributed by atoms with Crippen LogP contribution in [0.25, 0.3) is 0 Å². The molecule has 0 bridgehead atoms. The Kier molecular flexibility index (Phi) is 5.09. The molecule has 0 atom stereocenters. The van der Waals surface area contributed by atoms with Gasteiger partial charge in [-0.1, -0.05) is 12.1 Å². The van der Waals surface area contributed by atoms with Crippen LogP contribution in [-0.2, 0) is 4.79 Å². The fraction of sp³-hybridized carbons (Fsp3) is 0.450. The van der Waals surface area contributed by atoms with Gasteiger partial charge in [0.15, 0.2) is 5.82 Å². The molecule has 0 saturated carbocycles. The van der Waals surface area contributed by atoms with Crippen LogP contribution in [0.15, 0.2) is 36.7 Å². The molecule has 3 heterocycles. The summed E-state index contributed by atoms with van der Waals surface area (Å²) in [6.45, 7) is 6.96. The van der Waals surface area contributed by atoms with Crippen LogP contribution in [-0.4, -0.2) is 55.2 Å². The van der Waals surface area contributed by atoms with Crippen LogP contribution in [0.1, 0.15) is 19.8 Å². The number of hydrogen-bond donors (Lipinski definition) is 0. The normalized spacial score (nSPS) is 17.5. The third kappa shape index (κ3) is 3.67. The Labute approximate surface area is 159 Å². The van der Waals surface area contributed by atoms with Gasteiger partial charge >= 0.3 is 0 Å². The summed E-state index contributed by atoms with van der Waals surface area (Å²) >= 11 is 0. The molecule has 2 fully saturated rings. The van der Waals surface area contributed by atoms with E-state index in [1.54, 1.807) is 17.3 Å². The number of anilines is 3. The number of benzene rings is 1. The first kappa shape index (κ1) is 17.6. The fourth-order valence-corrected chi connectivity index (χ4v) is 3.68. The first-order valence-corrected chi connectivity index (χ1v) is 9.60. The van der Waals surface area contributed by atoms with Gasteiger partial charge in [-0.05, 0) is 25.5 Å². The molecule has 4 rings (SSSR count). The summed E-state index contributed by atoms with van der Waals surface area (Å²) in [4.78, 5) is 27.2. The number of piperazine rings is 1. The van der Waals surface area contributed by atoms with E-state index in [1.807, 2.05) is 25.1 Å². The molecule has 0 N–H and O–H groups in total. The minimum absolute atomic E-state index is 0.138. The third-order valence-electron chi connectivity index (χ3n) is 5.08. The molecule has 27 heavy (non-hydrogen) atoms. The van der Waals surface area contributed by atoms with E-state index in [4.69, 9.17) is 4.74 Å². The van der Waals surface area contributed by atoms with Crippen LogP contribution in [0.5, 0.6) is 5.75 Å². The number of ether oxygens (including phenoxy) is 1. The molecule has 2 aliphatic heterocycles. The Morgan fingerprint density at radius 3 is 2.33 bits per heavy atom. The molecular formula is C20H25N5O2. The molecule has 2 aromatic rings. The van der Waals surface area contributed by atoms with Crippen molar-refractivity contribution >= 4 is 23.2 Å². The molecule has 0 unspecified atom stereocenters. The zero-order valence-electron chi connectivity index (χ0n) is 15.7. The van der Waals surface area contributed by atoms with Gasteiger partial charge in [-0.3, -0.25) is 9.69 Å². The zero-order valence-corrected chi connectivity index (χ0v) is 15.7. The van der Waals surface area contributed by atoms with Gasteiger partial charge in [0.05, 0.1) is 24.7 Å². The van der Waals surface area contributed by atoms with Crippen LogP contribution >= 0.6 is 0 Å². The molecule has 1 aromatic heterocycles. The predicted octanol–water partition coefficient (Wildman–Crippen LogP) is 2.33. The van der Waals surface area contributed by atoms with E-state index in [0.717, 1.165) is 56.4 Å². The van der Waals surface area contributed by atoms with E-state index >= 15 is 0 Å². The Morgan fingerprint density at radius 1 is 0.963 bits per heavy atom. The van der Waals surface area contributed by atoms with Crippen molar-refractivity contribution in [3.63, 3.8) is 0 Å². The number of carbonyl (C=O) groups excluding carboxylic acids is 1. The molecule has 0 aliphatic carbocycles. The van der Waals surface area contributed by atoms with Crippen molar-refractivity contribution in [3.8, 4) is 5.75 Å². The van der Waals surface area contributed by atoms with Gasteiger partial charge in [-0.2, -0.15) is 0 Å². The number of nitrogens with zero attached hydrogens (tertiary/aromatic N) is 5. The first-order valence-electron chi connectivity index (χ1n) is 9.60. The summed E-state index contributed by atoms with van der Waals surface area (Å²) < 4.78 is 5.76.